The normalized spacial score (nSPS) is 11.9. The van der Waals surface area contributed by atoms with Crippen LogP contribution in [-0.2, 0) is 24.5 Å². The van der Waals surface area contributed by atoms with Crippen molar-refractivity contribution >= 4 is 35.1 Å². The van der Waals surface area contributed by atoms with Gasteiger partial charge in [0.25, 0.3) is 11.8 Å². The van der Waals surface area contributed by atoms with Crippen molar-refractivity contribution in [1.82, 2.24) is 5.32 Å². The minimum absolute atomic E-state index is 0.0465. The molecule has 0 aliphatic carbocycles. The Morgan fingerprint density at radius 1 is 0.944 bits per heavy atom. The molecular weight excluding hydrogens is 462 g/mol. The largest absolute Gasteiger partial charge is 0.495 e. The zero-order valence-electron chi connectivity index (χ0n) is 21.9. The minimum atomic E-state index is -0.940. The zero-order valence-corrected chi connectivity index (χ0v) is 21.9. The molecule has 2 aromatic rings. The van der Waals surface area contributed by atoms with Gasteiger partial charge in [0.2, 0.25) is 5.91 Å². The van der Waals surface area contributed by atoms with Gasteiger partial charge in [-0.3, -0.25) is 14.4 Å². The standard InChI is InChI=1S/C27H35N3O6/c1-16(2)24(30-25(33)18-8-10-19(11-9-18)27(4,5)6)26(34)36-15-23(32)29-21-14-20(28-17(3)31)12-13-22(21)35-7/h8-14,16,24H,15H2,1-7H3,(H,28,31)(H,29,32)(H,30,33)/t24-/m0/s1. The van der Waals surface area contributed by atoms with E-state index in [0.29, 0.717) is 22.7 Å². The van der Waals surface area contributed by atoms with Crippen LogP contribution in [0.25, 0.3) is 0 Å². The Kier molecular flexibility index (Phi) is 9.60. The lowest BCUT2D eigenvalue weighted by molar-refractivity contribution is -0.150. The maximum atomic E-state index is 12.7. The quantitative estimate of drug-likeness (QED) is 0.452. The van der Waals surface area contributed by atoms with Crippen LogP contribution in [0.15, 0.2) is 42.5 Å². The molecule has 2 aromatic carbocycles. The third-order valence-corrected chi connectivity index (χ3v) is 5.36. The molecule has 0 fully saturated rings. The van der Waals surface area contributed by atoms with Gasteiger partial charge in [-0.15, -0.1) is 0 Å². The third kappa shape index (κ3) is 8.11. The molecule has 3 N–H and O–H groups in total. The highest BCUT2D eigenvalue weighted by Crippen LogP contribution is 2.28. The molecule has 0 saturated heterocycles. The summed E-state index contributed by atoms with van der Waals surface area (Å²) < 4.78 is 10.4. The number of carbonyl (C=O) groups is 4. The Balaban J connectivity index is 2.01. The van der Waals surface area contributed by atoms with Gasteiger partial charge in [-0.2, -0.15) is 0 Å². The first kappa shape index (κ1) is 28.4. The van der Waals surface area contributed by atoms with Gasteiger partial charge in [0, 0.05) is 18.2 Å². The van der Waals surface area contributed by atoms with E-state index in [2.05, 4.69) is 36.7 Å². The van der Waals surface area contributed by atoms with Gasteiger partial charge >= 0.3 is 5.97 Å². The van der Waals surface area contributed by atoms with Crippen LogP contribution in [0.3, 0.4) is 0 Å². The van der Waals surface area contributed by atoms with Gasteiger partial charge < -0.3 is 25.4 Å². The number of hydrogen-bond donors (Lipinski definition) is 3. The molecule has 0 aliphatic rings. The van der Waals surface area contributed by atoms with Crippen LogP contribution in [0.1, 0.15) is 57.5 Å². The number of ether oxygens (including phenoxy) is 2. The van der Waals surface area contributed by atoms with Crippen molar-refractivity contribution in [3.8, 4) is 5.75 Å². The second-order valence-electron chi connectivity index (χ2n) is 9.77. The highest BCUT2D eigenvalue weighted by atomic mass is 16.5. The minimum Gasteiger partial charge on any atom is -0.495 e. The van der Waals surface area contributed by atoms with Crippen LogP contribution in [0.4, 0.5) is 11.4 Å². The van der Waals surface area contributed by atoms with Gasteiger partial charge in [0.05, 0.1) is 12.8 Å². The number of rotatable bonds is 9. The van der Waals surface area contributed by atoms with Crippen LogP contribution in [0.2, 0.25) is 0 Å². The molecule has 0 radical (unpaired) electrons. The lowest BCUT2D eigenvalue weighted by atomic mass is 9.86. The van der Waals surface area contributed by atoms with E-state index in [1.807, 2.05) is 12.1 Å². The number of nitrogens with one attached hydrogen (secondary N) is 3. The van der Waals surface area contributed by atoms with Crippen molar-refractivity contribution < 1.29 is 28.7 Å². The number of methoxy groups -OCH3 is 1. The number of hydrogen-bond acceptors (Lipinski definition) is 6. The van der Waals surface area contributed by atoms with Crippen molar-refractivity contribution in [2.75, 3.05) is 24.4 Å². The molecule has 0 aromatic heterocycles. The topological polar surface area (TPSA) is 123 Å². The van der Waals surface area contributed by atoms with Gasteiger partial charge in [-0.05, 0) is 47.2 Å². The Labute approximate surface area is 211 Å². The van der Waals surface area contributed by atoms with E-state index >= 15 is 0 Å². The van der Waals surface area contributed by atoms with E-state index in [9.17, 15) is 19.2 Å². The molecule has 0 spiro atoms. The summed E-state index contributed by atoms with van der Waals surface area (Å²) in [5.74, 6) is -1.90. The van der Waals surface area contributed by atoms with E-state index < -0.39 is 30.4 Å². The summed E-state index contributed by atoms with van der Waals surface area (Å²) in [6.07, 6.45) is 0. The van der Waals surface area contributed by atoms with E-state index in [1.54, 1.807) is 38.1 Å². The summed E-state index contributed by atoms with van der Waals surface area (Å²) in [7, 11) is 1.44. The van der Waals surface area contributed by atoms with Crippen molar-refractivity contribution in [2.45, 2.75) is 53.0 Å². The number of carbonyl (C=O) groups excluding carboxylic acids is 4. The van der Waals surface area contributed by atoms with E-state index in [1.165, 1.54) is 20.1 Å². The van der Waals surface area contributed by atoms with Crippen LogP contribution >= 0.6 is 0 Å². The summed E-state index contributed by atoms with van der Waals surface area (Å²) in [6, 6.07) is 11.0. The first-order valence-electron chi connectivity index (χ1n) is 11.7. The van der Waals surface area contributed by atoms with Crippen LogP contribution < -0.4 is 20.7 Å². The second-order valence-corrected chi connectivity index (χ2v) is 9.77. The van der Waals surface area contributed by atoms with Crippen LogP contribution in [0.5, 0.6) is 5.75 Å². The van der Waals surface area contributed by atoms with Gasteiger partial charge in [0.1, 0.15) is 11.8 Å². The molecule has 0 bridgehead atoms. The molecule has 36 heavy (non-hydrogen) atoms. The highest BCUT2D eigenvalue weighted by molar-refractivity contribution is 5.98. The molecule has 9 nitrogen and oxygen atoms in total. The molecule has 9 heteroatoms. The van der Waals surface area contributed by atoms with Gasteiger partial charge in [-0.25, -0.2) is 4.79 Å². The van der Waals surface area contributed by atoms with Crippen molar-refractivity contribution in [1.29, 1.82) is 0 Å². The molecular formula is C27H35N3O6. The Morgan fingerprint density at radius 3 is 2.11 bits per heavy atom. The first-order valence-corrected chi connectivity index (χ1v) is 11.7. The van der Waals surface area contributed by atoms with Crippen molar-refractivity contribution in [3.05, 3.63) is 53.6 Å². The lowest BCUT2D eigenvalue weighted by Crippen LogP contribution is -2.46. The average molecular weight is 498 g/mol. The smallest absolute Gasteiger partial charge is 0.329 e. The summed E-state index contributed by atoms with van der Waals surface area (Å²) in [6.45, 7) is 10.6. The van der Waals surface area contributed by atoms with E-state index in [0.717, 1.165) is 5.56 Å². The lowest BCUT2D eigenvalue weighted by Gasteiger charge is -2.22. The fourth-order valence-corrected chi connectivity index (χ4v) is 3.34. The molecule has 194 valence electrons. The number of esters is 1. The monoisotopic (exact) mass is 497 g/mol. The van der Waals surface area contributed by atoms with Crippen molar-refractivity contribution in [3.63, 3.8) is 0 Å². The first-order chi connectivity index (χ1) is 16.8. The molecule has 0 aliphatic heterocycles. The number of benzene rings is 2. The molecule has 0 heterocycles. The molecule has 3 amide bonds. The number of anilines is 2. The van der Waals surface area contributed by atoms with Gasteiger partial charge in [-0.1, -0.05) is 46.8 Å². The average Bonchev–Trinajstić information content (AvgIpc) is 2.80. The third-order valence-electron chi connectivity index (χ3n) is 5.36. The predicted molar refractivity (Wildman–Crippen MR) is 138 cm³/mol. The number of amides is 3. The molecule has 2 rings (SSSR count). The fraction of sp³-hybridized carbons (Fsp3) is 0.407. The zero-order chi connectivity index (χ0) is 27.0. The fourth-order valence-electron chi connectivity index (χ4n) is 3.34. The second kappa shape index (κ2) is 12.2. The van der Waals surface area contributed by atoms with E-state index in [4.69, 9.17) is 9.47 Å². The SMILES string of the molecule is COc1ccc(NC(C)=O)cc1NC(=O)COC(=O)[C@@H](NC(=O)c1ccc(C(C)(C)C)cc1)C(C)C. The van der Waals surface area contributed by atoms with E-state index in [-0.39, 0.29) is 17.2 Å². The van der Waals surface area contributed by atoms with Crippen LogP contribution in [-0.4, -0.2) is 43.4 Å². The summed E-state index contributed by atoms with van der Waals surface area (Å²) in [5.41, 5.74) is 2.23. The Hall–Kier alpha value is -3.88. The van der Waals surface area contributed by atoms with Gasteiger partial charge in [0.15, 0.2) is 6.61 Å². The maximum absolute atomic E-state index is 12.7. The van der Waals surface area contributed by atoms with Crippen molar-refractivity contribution in [2.24, 2.45) is 5.92 Å². The Bertz CT molecular complexity index is 1100. The summed E-state index contributed by atoms with van der Waals surface area (Å²) in [4.78, 5) is 49.2. The summed E-state index contributed by atoms with van der Waals surface area (Å²) in [5, 5.41) is 7.92. The van der Waals surface area contributed by atoms with Crippen LogP contribution in [0, 0.1) is 5.92 Å². The molecule has 1 atom stereocenters. The predicted octanol–water partition coefficient (Wildman–Crippen LogP) is 3.89. The maximum Gasteiger partial charge on any atom is 0.329 e. The highest BCUT2D eigenvalue weighted by Gasteiger charge is 2.27. The Morgan fingerprint density at radius 2 is 1.58 bits per heavy atom. The molecule has 0 saturated carbocycles. The summed E-state index contributed by atoms with van der Waals surface area (Å²) >= 11 is 0. The molecule has 0 unspecified atom stereocenters.